The van der Waals surface area contributed by atoms with Crippen LogP contribution in [0.25, 0.3) is 0 Å². The van der Waals surface area contributed by atoms with Crippen molar-refractivity contribution in [3.63, 3.8) is 0 Å². The molecule has 0 unspecified atom stereocenters. The Bertz CT molecular complexity index is 385. The summed E-state index contributed by atoms with van der Waals surface area (Å²) in [6.07, 6.45) is -2.81. The van der Waals surface area contributed by atoms with Gasteiger partial charge in [-0.25, -0.2) is 9.36 Å². The third-order valence-electron chi connectivity index (χ3n) is 1.56. The van der Waals surface area contributed by atoms with Crippen molar-refractivity contribution in [1.29, 1.82) is 0 Å². The van der Waals surface area contributed by atoms with E-state index in [0.29, 0.717) is 0 Å². The molecule has 0 aromatic carbocycles. The first kappa shape index (κ1) is 39.8. The van der Waals surface area contributed by atoms with Crippen LogP contribution >= 0.6 is 20.2 Å². The number of carboxylic acid groups (broad SMARTS) is 3. The van der Waals surface area contributed by atoms with Gasteiger partial charge < -0.3 is 25.1 Å². The molecular formula is C6H14ClNa4O10P. The first-order chi connectivity index (χ1) is 7.48. The molecule has 0 aliphatic heterocycles. The van der Waals surface area contributed by atoms with E-state index in [2.05, 4.69) is 4.52 Å². The predicted molar refractivity (Wildman–Crippen MR) is 83.8 cm³/mol. The number of phosphoric ester groups is 1. The zero-order valence-electron chi connectivity index (χ0n) is 8.55. The molecule has 0 rings (SSSR count). The topological polar surface area (TPSA) is 179 Å². The van der Waals surface area contributed by atoms with Gasteiger partial charge in [0.2, 0.25) is 0 Å². The molecule has 0 saturated heterocycles. The molecule has 5 N–H and O–H groups in total. The van der Waals surface area contributed by atoms with Crippen molar-refractivity contribution in [3.8, 4) is 0 Å². The number of halogens is 1. The van der Waals surface area contributed by atoms with Gasteiger partial charge in [0.05, 0.1) is 12.8 Å². The monoisotopic (exact) mass is 404 g/mol. The quantitative estimate of drug-likeness (QED) is 0.213. The van der Waals surface area contributed by atoms with Crippen LogP contribution in [0.3, 0.4) is 0 Å². The Morgan fingerprint density at radius 1 is 0.864 bits per heavy atom. The van der Waals surface area contributed by atoms with Crippen molar-refractivity contribution in [2.75, 3.05) is 0 Å². The van der Waals surface area contributed by atoms with Crippen molar-refractivity contribution in [1.82, 2.24) is 0 Å². The van der Waals surface area contributed by atoms with Gasteiger partial charge in [-0.15, -0.1) is 12.4 Å². The van der Waals surface area contributed by atoms with E-state index >= 15 is 0 Å². The Morgan fingerprint density at radius 2 is 1.14 bits per heavy atom. The number of hydrogen-bond acceptors (Lipinski definition) is 5. The summed E-state index contributed by atoms with van der Waals surface area (Å²) in [7, 11) is -5.36. The Morgan fingerprint density at radius 3 is 1.27 bits per heavy atom. The second-order valence-corrected chi connectivity index (χ2v) is 4.19. The molecule has 0 aromatic rings. The fourth-order valence-electron chi connectivity index (χ4n) is 1.03. The zero-order valence-corrected chi connectivity index (χ0v) is 10.3. The van der Waals surface area contributed by atoms with Gasteiger partial charge in [0.15, 0.2) is 5.60 Å². The van der Waals surface area contributed by atoms with Crippen LogP contribution in [-0.2, 0) is 23.5 Å². The molecule has 0 spiro atoms. The predicted octanol–water partition coefficient (Wildman–Crippen LogP) is -3.30. The third-order valence-corrected chi connectivity index (χ3v) is 2.14. The van der Waals surface area contributed by atoms with Gasteiger partial charge in [0.25, 0.3) is 0 Å². The molecule has 10 nitrogen and oxygen atoms in total. The van der Waals surface area contributed by atoms with E-state index in [4.69, 9.17) is 25.1 Å². The first-order valence-electron chi connectivity index (χ1n) is 3.92. The van der Waals surface area contributed by atoms with Crippen LogP contribution in [-0.4, -0.2) is 167 Å². The maximum atomic E-state index is 10.8. The summed E-state index contributed by atoms with van der Waals surface area (Å²) in [5.41, 5.74) is -3.02. The summed E-state index contributed by atoms with van der Waals surface area (Å²) in [6.45, 7) is 0. The molecule has 0 bridgehead atoms. The maximum absolute atomic E-state index is 10.8. The zero-order chi connectivity index (χ0) is 13.9. The summed E-state index contributed by atoms with van der Waals surface area (Å²) in [6, 6.07) is 0. The molecule has 22 heavy (non-hydrogen) atoms. The standard InChI is InChI=1S/C6H9O10P.ClH.4Na.4H/c7-3(8)1-6(5(11)12,2-4(9)10)16-17(13,14)15;;;;;;;;;/h1-2H2,(H,7,8)(H,9,10)(H,11,12)(H2,13,14,15);1H;;;;;;;;. The van der Waals surface area contributed by atoms with Crippen LogP contribution in [0.5, 0.6) is 0 Å². The Kier molecular flexibility index (Phi) is 31.1. The number of carbonyl (C=O) groups is 3. The van der Waals surface area contributed by atoms with Gasteiger partial charge in [-0.2, -0.15) is 0 Å². The molecule has 0 amide bonds. The van der Waals surface area contributed by atoms with E-state index in [1.807, 2.05) is 0 Å². The summed E-state index contributed by atoms with van der Waals surface area (Å²) in [5, 5.41) is 25.5. The molecule has 0 radical (unpaired) electrons. The van der Waals surface area contributed by atoms with Crippen LogP contribution in [0.15, 0.2) is 0 Å². The average molecular weight is 405 g/mol. The van der Waals surface area contributed by atoms with Gasteiger partial charge in [0, 0.05) is 0 Å². The normalized spacial score (nSPS) is 9.36. The molecule has 114 valence electrons. The van der Waals surface area contributed by atoms with E-state index in [1.165, 1.54) is 0 Å². The SMILES string of the molecule is Cl.O=C(O)CC(CC(=O)O)(OP(=O)(O)O)C(=O)O.[NaH].[NaH].[NaH].[NaH]. The van der Waals surface area contributed by atoms with Crippen molar-refractivity contribution in [2.24, 2.45) is 0 Å². The minimum absolute atomic E-state index is 0. The Labute approximate surface area is 219 Å². The molecule has 0 aliphatic carbocycles. The molecule has 0 atom stereocenters. The van der Waals surface area contributed by atoms with E-state index in [-0.39, 0.29) is 131 Å². The Balaban J connectivity index is -0.000000128. The fourth-order valence-corrected chi connectivity index (χ4v) is 1.70. The summed E-state index contributed by atoms with van der Waals surface area (Å²) in [5.74, 6) is -5.64. The van der Waals surface area contributed by atoms with Crippen LogP contribution in [0.1, 0.15) is 12.8 Å². The summed E-state index contributed by atoms with van der Waals surface area (Å²) >= 11 is 0. The van der Waals surface area contributed by atoms with E-state index in [1.54, 1.807) is 0 Å². The number of rotatable bonds is 7. The van der Waals surface area contributed by atoms with E-state index in [9.17, 15) is 18.9 Å². The van der Waals surface area contributed by atoms with Crippen molar-refractivity contribution >= 4 is 156 Å². The molecule has 0 heterocycles. The third kappa shape index (κ3) is 17.6. The van der Waals surface area contributed by atoms with Gasteiger partial charge in [-0.3, -0.25) is 14.1 Å². The van der Waals surface area contributed by atoms with Crippen molar-refractivity contribution in [2.45, 2.75) is 18.4 Å². The van der Waals surface area contributed by atoms with Crippen LogP contribution in [0.4, 0.5) is 0 Å². The molecule has 0 saturated carbocycles. The number of carboxylic acids is 3. The number of hydrogen-bond donors (Lipinski definition) is 5. The molecule has 0 aliphatic rings. The molecule has 16 heteroatoms. The van der Waals surface area contributed by atoms with Crippen molar-refractivity contribution < 1.29 is 48.6 Å². The van der Waals surface area contributed by atoms with Gasteiger partial charge in [-0.05, 0) is 0 Å². The van der Waals surface area contributed by atoms with Gasteiger partial charge >= 0.3 is 144 Å². The molecule has 0 fully saturated rings. The Hall–Kier alpha value is 2.81. The van der Waals surface area contributed by atoms with Crippen LogP contribution in [0, 0.1) is 0 Å². The minimum atomic E-state index is -5.36. The van der Waals surface area contributed by atoms with Crippen LogP contribution in [0.2, 0.25) is 0 Å². The number of aliphatic carboxylic acids is 3. The van der Waals surface area contributed by atoms with Gasteiger partial charge in [-0.1, -0.05) is 0 Å². The summed E-state index contributed by atoms with van der Waals surface area (Å²) in [4.78, 5) is 48.5. The van der Waals surface area contributed by atoms with Crippen molar-refractivity contribution in [3.05, 3.63) is 0 Å². The molecular weight excluding hydrogens is 390 g/mol. The van der Waals surface area contributed by atoms with Crippen LogP contribution < -0.4 is 0 Å². The van der Waals surface area contributed by atoms with Gasteiger partial charge in [0.1, 0.15) is 0 Å². The molecule has 0 aromatic heterocycles. The second-order valence-electron chi connectivity index (χ2n) is 3.02. The summed E-state index contributed by atoms with van der Waals surface area (Å²) < 4.78 is 14.4. The average Bonchev–Trinajstić information content (AvgIpc) is 1.96. The van der Waals surface area contributed by atoms with E-state index < -0.39 is 44.2 Å². The second kappa shape index (κ2) is 17.2. The van der Waals surface area contributed by atoms with E-state index in [0.717, 1.165) is 0 Å². The first-order valence-corrected chi connectivity index (χ1v) is 5.45. The fraction of sp³-hybridized carbons (Fsp3) is 0.500. The number of phosphoric acid groups is 1.